The Morgan fingerprint density at radius 2 is 2.05 bits per heavy atom. The lowest BCUT2D eigenvalue weighted by Crippen LogP contribution is -2.35. The van der Waals surface area contributed by atoms with E-state index in [4.69, 9.17) is 0 Å². The lowest BCUT2D eigenvalue weighted by Gasteiger charge is -2.18. The summed E-state index contributed by atoms with van der Waals surface area (Å²) < 4.78 is 0. The van der Waals surface area contributed by atoms with Gasteiger partial charge in [0.1, 0.15) is 5.56 Å². The molecule has 1 aromatic rings. The molecule has 0 saturated heterocycles. The maximum absolute atomic E-state index is 12.2. The summed E-state index contributed by atoms with van der Waals surface area (Å²) in [6.45, 7) is 7.13. The van der Waals surface area contributed by atoms with Gasteiger partial charge in [0.15, 0.2) is 0 Å². The number of rotatable bonds is 8. The number of carbonyl (C=O) groups excluding carboxylic acids is 1. The minimum Gasteiger partial charge on any atom is -0.351 e. The van der Waals surface area contributed by atoms with Gasteiger partial charge in [0.2, 0.25) is 0 Å². The summed E-state index contributed by atoms with van der Waals surface area (Å²) in [5.74, 6) is -0.398. The molecule has 1 amide bonds. The summed E-state index contributed by atoms with van der Waals surface area (Å²) in [6.07, 6.45) is 1.86. The number of amides is 1. The van der Waals surface area contributed by atoms with Crippen molar-refractivity contribution >= 4 is 23.4 Å². The molecule has 0 atom stereocenters. The maximum atomic E-state index is 12.2. The van der Waals surface area contributed by atoms with E-state index < -0.39 is 10.8 Å². The topological polar surface area (TPSA) is 75.5 Å². The lowest BCUT2D eigenvalue weighted by molar-refractivity contribution is -0.385. The standard InChI is InChI=1S/C14H21N3O3S/c1-4-16(5-2)9-8-15-14(18)12-10-11(21-3)6-7-13(12)17(19)20/h6-7,10H,4-5,8-9H2,1-3H3,(H,15,18). The van der Waals surface area contributed by atoms with Crippen LogP contribution in [0.2, 0.25) is 0 Å². The molecule has 0 aliphatic carbocycles. The first-order chi connectivity index (χ1) is 10.0. The van der Waals surface area contributed by atoms with Gasteiger partial charge in [-0.05, 0) is 31.5 Å². The molecule has 1 aromatic carbocycles. The SMILES string of the molecule is CCN(CC)CCNC(=O)c1cc(SC)ccc1[N+](=O)[O-]. The highest BCUT2D eigenvalue weighted by atomic mass is 32.2. The molecule has 0 spiro atoms. The number of thioether (sulfide) groups is 1. The number of nitro benzene ring substituents is 1. The first-order valence-electron chi connectivity index (χ1n) is 6.86. The van der Waals surface area contributed by atoms with Crippen LogP contribution in [0.4, 0.5) is 5.69 Å². The van der Waals surface area contributed by atoms with Gasteiger partial charge in [0, 0.05) is 24.1 Å². The van der Waals surface area contributed by atoms with E-state index in [2.05, 4.69) is 24.1 Å². The number of carbonyl (C=O) groups is 1. The quantitative estimate of drug-likeness (QED) is 0.453. The van der Waals surface area contributed by atoms with Crippen LogP contribution in [0.5, 0.6) is 0 Å². The van der Waals surface area contributed by atoms with Gasteiger partial charge in [-0.25, -0.2) is 0 Å². The summed E-state index contributed by atoms with van der Waals surface area (Å²) in [6, 6.07) is 4.59. The highest BCUT2D eigenvalue weighted by molar-refractivity contribution is 7.98. The number of nitrogens with zero attached hydrogens (tertiary/aromatic N) is 2. The van der Waals surface area contributed by atoms with Gasteiger partial charge in [-0.3, -0.25) is 14.9 Å². The first kappa shape index (κ1) is 17.5. The van der Waals surface area contributed by atoms with Crippen molar-refractivity contribution in [2.45, 2.75) is 18.7 Å². The fourth-order valence-electron chi connectivity index (χ4n) is 1.95. The van der Waals surface area contributed by atoms with Crippen LogP contribution < -0.4 is 5.32 Å². The minimum atomic E-state index is -0.524. The summed E-state index contributed by atoms with van der Waals surface area (Å²) in [5, 5.41) is 13.8. The lowest BCUT2D eigenvalue weighted by atomic mass is 10.1. The molecule has 0 fully saturated rings. The Balaban J connectivity index is 2.78. The molecule has 0 heterocycles. The van der Waals surface area contributed by atoms with Crippen LogP contribution in [0.1, 0.15) is 24.2 Å². The van der Waals surface area contributed by atoms with Crippen molar-refractivity contribution in [3.63, 3.8) is 0 Å². The van der Waals surface area contributed by atoms with E-state index in [0.29, 0.717) is 6.54 Å². The van der Waals surface area contributed by atoms with E-state index in [-0.39, 0.29) is 11.3 Å². The fraction of sp³-hybridized carbons (Fsp3) is 0.500. The summed E-state index contributed by atoms with van der Waals surface area (Å²) in [4.78, 5) is 25.6. The average Bonchev–Trinajstić information content (AvgIpc) is 2.50. The first-order valence-corrected chi connectivity index (χ1v) is 8.08. The summed E-state index contributed by atoms with van der Waals surface area (Å²) in [5.41, 5.74) is -0.0421. The Bertz CT molecular complexity index is 504. The zero-order valence-corrected chi connectivity index (χ0v) is 13.4. The molecule has 0 unspecified atom stereocenters. The molecule has 0 bridgehead atoms. The van der Waals surface area contributed by atoms with Gasteiger partial charge in [-0.1, -0.05) is 13.8 Å². The van der Waals surface area contributed by atoms with Gasteiger partial charge in [-0.15, -0.1) is 11.8 Å². The van der Waals surface area contributed by atoms with E-state index in [0.717, 1.165) is 24.5 Å². The average molecular weight is 311 g/mol. The second-order valence-electron chi connectivity index (χ2n) is 4.42. The molecule has 21 heavy (non-hydrogen) atoms. The van der Waals surface area contributed by atoms with Gasteiger partial charge in [-0.2, -0.15) is 0 Å². The Kier molecular flexibility index (Phi) is 7.18. The number of likely N-dealkylation sites (N-methyl/N-ethyl adjacent to an activating group) is 1. The molecule has 116 valence electrons. The van der Waals surface area contributed by atoms with Crippen molar-refractivity contribution in [3.05, 3.63) is 33.9 Å². The molecular formula is C14H21N3O3S. The van der Waals surface area contributed by atoms with Crippen LogP contribution in [0.25, 0.3) is 0 Å². The third-order valence-electron chi connectivity index (χ3n) is 3.25. The zero-order valence-electron chi connectivity index (χ0n) is 12.6. The molecule has 0 aliphatic rings. The molecule has 6 nitrogen and oxygen atoms in total. The van der Waals surface area contributed by atoms with Crippen LogP contribution in [0.3, 0.4) is 0 Å². The van der Waals surface area contributed by atoms with E-state index >= 15 is 0 Å². The smallest absolute Gasteiger partial charge is 0.282 e. The highest BCUT2D eigenvalue weighted by Crippen LogP contribution is 2.24. The third kappa shape index (κ3) is 5.02. The van der Waals surface area contributed by atoms with Gasteiger partial charge in [0.25, 0.3) is 11.6 Å². The molecule has 0 radical (unpaired) electrons. The summed E-state index contributed by atoms with van der Waals surface area (Å²) in [7, 11) is 0. The number of nitro groups is 1. The van der Waals surface area contributed by atoms with Crippen LogP contribution in [-0.4, -0.2) is 48.2 Å². The van der Waals surface area contributed by atoms with Crippen LogP contribution in [-0.2, 0) is 0 Å². The fourth-order valence-corrected chi connectivity index (χ4v) is 2.39. The van der Waals surface area contributed by atoms with Gasteiger partial charge >= 0.3 is 0 Å². The normalized spacial score (nSPS) is 10.7. The predicted octanol–water partition coefficient (Wildman–Crippen LogP) is 2.39. The number of nitrogens with one attached hydrogen (secondary N) is 1. The zero-order chi connectivity index (χ0) is 15.8. The minimum absolute atomic E-state index is 0.117. The van der Waals surface area contributed by atoms with Crippen LogP contribution in [0, 0.1) is 10.1 Å². The van der Waals surface area contributed by atoms with Crippen LogP contribution >= 0.6 is 11.8 Å². The van der Waals surface area contributed by atoms with Crippen molar-refractivity contribution < 1.29 is 9.72 Å². The van der Waals surface area contributed by atoms with Crippen molar-refractivity contribution in [3.8, 4) is 0 Å². The Hall–Kier alpha value is -1.60. The van der Waals surface area contributed by atoms with E-state index in [1.807, 2.05) is 6.26 Å². The molecule has 7 heteroatoms. The highest BCUT2D eigenvalue weighted by Gasteiger charge is 2.20. The molecular weight excluding hydrogens is 290 g/mol. The predicted molar refractivity (Wildman–Crippen MR) is 85.0 cm³/mol. The number of hydrogen-bond donors (Lipinski definition) is 1. The van der Waals surface area contributed by atoms with E-state index in [1.165, 1.54) is 17.8 Å². The molecule has 1 N–H and O–H groups in total. The van der Waals surface area contributed by atoms with Crippen molar-refractivity contribution in [1.29, 1.82) is 0 Å². The second kappa shape index (κ2) is 8.63. The Morgan fingerprint density at radius 3 is 2.57 bits per heavy atom. The van der Waals surface area contributed by atoms with Gasteiger partial charge < -0.3 is 10.2 Å². The third-order valence-corrected chi connectivity index (χ3v) is 3.98. The maximum Gasteiger partial charge on any atom is 0.282 e. The number of hydrogen-bond acceptors (Lipinski definition) is 5. The molecule has 0 aromatic heterocycles. The van der Waals surface area contributed by atoms with E-state index in [1.54, 1.807) is 12.1 Å². The number of benzene rings is 1. The van der Waals surface area contributed by atoms with Crippen LogP contribution in [0.15, 0.2) is 23.1 Å². The molecule has 1 rings (SSSR count). The monoisotopic (exact) mass is 311 g/mol. The second-order valence-corrected chi connectivity index (χ2v) is 5.30. The molecule has 0 saturated carbocycles. The van der Waals surface area contributed by atoms with Crippen molar-refractivity contribution in [2.75, 3.05) is 32.4 Å². The summed E-state index contributed by atoms with van der Waals surface area (Å²) >= 11 is 1.45. The van der Waals surface area contributed by atoms with Crippen molar-refractivity contribution in [1.82, 2.24) is 10.2 Å². The Morgan fingerprint density at radius 1 is 1.38 bits per heavy atom. The van der Waals surface area contributed by atoms with Crippen molar-refractivity contribution in [2.24, 2.45) is 0 Å². The largest absolute Gasteiger partial charge is 0.351 e. The molecule has 0 aliphatic heterocycles. The van der Waals surface area contributed by atoms with E-state index in [9.17, 15) is 14.9 Å². The van der Waals surface area contributed by atoms with Gasteiger partial charge in [0.05, 0.1) is 4.92 Å². The Labute approximate surface area is 129 Å².